The van der Waals surface area contributed by atoms with Crippen molar-refractivity contribution in [1.82, 2.24) is 0 Å². The lowest BCUT2D eigenvalue weighted by Gasteiger charge is -2.15. The number of ether oxygens (including phenoxy) is 1. The molecule has 0 aliphatic rings. The minimum Gasteiger partial charge on any atom is -0.481 e. The lowest BCUT2D eigenvalue weighted by Crippen LogP contribution is -2.30. The third kappa shape index (κ3) is 4.14. The predicted octanol–water partition coefficient (Wildman–Crippen LogP) is 4.27. The monoisotopic (exact) mass is 334 g/mol. The molecule has 0 bridgehead atoms. The molecule has 0 saturated heterocycles. The smallest absolute Gasteiger partial charge is 0.265 e. The number of rotatable bonds is 4. The number of halogens is 2. The Morgan fingerprint density at radius 2 is 2.05 bits per heavy atom. The van der Waals surface area contributed by atoms with Crippen LogP contribution >= 0.6 is 23.2 Å². The summed E-state index contributed by atoms with van der Waals surface area (Å²) < 4.78 is 5.52. The molecular formula is C16H12Cl2N2O2. The predicted molar refractivity (Wildman–Crippen MR) is 86.3 cm³/mol. The molecule has 0 aliphatic carbocycles. The number of nitriles is 1. The van der Waals surface area contributed by atoms with Crippen LogP contribution in [0.2, 0.25) is 10.0 Å². The molecule has 1 N–H and O–H groups in total. The van der Waals surface area contributed by atoms with E-state index in [1.54, 1.807) is 49.4 Å². The fourth-order valence-electron chi connectivity index (χ4n) is 1.72. The molecule has 0 fully saturated rings. The first-order valence-corrected chi connectivity index (χ1v) is 7.18. The van der Waals surface area contributed by atoms with E-state index in [9.17, 15) is 4.79 Å². The van der Waals surface area contributed by atoms with Gasteiger partial charge in [-0.15, -0.1) is 0 Å². The highest BCUT2D eigenvalue weighted by atomic mass is 35.5. The van der Waals surface area contributed by atoms with Gasteiger partial charge in [-0.3, -0.25) is 4.79 Å². The molecule has 22 heavy (non-hydrogen) atoms. The lowest BCUT2D eigenvalue weighted by molar-refractivity contribution is -0.122. The molecule has 112 valence electrons. The van der Waals surface area contributed by atoms with E-state index in [1.807, 2.05) is 6.07 Å². The van der Waals surface area contributed by atoms with E-state index in [0.717, 1.165) is 0 Å². The average Bonchev–Trinajstić information content (AvgIpc) is 2.51. The van der Waals surface area contributed by atoms with Crippen LogP contribution in [0.3, 0.4) is 0 Å². The van der Waals surface area contributed by atoms with E-state index in [1.165, 1.54) is 0 Å². The third-order valence-electron chi connectivity index (χ3n) is 2.83. The first-order valence-electron chi connectivity index (χ1n) is 6.42. The maximum atomic E-state index is 12.1. The van der Waals surface area contributed by atoms with Crippen molar-refractivity contribution in [1.29, 1.82) is 5.26 Å². The van der Waals surface area contributed by atoms with Crippen molar-refractivity contribution in [3.8, 4) is 11.8 Å². The molecule has 1 atom stereocenters. The summed E-state index contributed by atoms with van der Waals surface area (Å²) in [5, 5.41) is 12.4. The van der Waals surface area contributed by atoms with Gasteiger partial charge in [0.05, 0.1) is 22.3 Å². The van der Waals surface area contributed by atoms with Crippen molar-refractivity contribution >= 4 is 34.8 Å². The van der Waals surface area contributed by atoms with Gasteiger partial charge in [0, 0.05) is 5.02 Å². The first-order chi connectivity index (χ1) is 10.5. The third-order valence-corrected chi connectivity index (χ3v) is 3.40. The maximum absolute atomic E-state index is 12.1. The Morgan fingerprint density at radius 1 is 1.27 bits per heavy atom. The van der Waals surface area contributed by atoms with Gasteiger partial charge in [0.15, 0.2) is 6.10 Å². The standard InChI is InChI=1S/C16H12Cl2N2O2/c1-10(22-13-4-2-3-11(7-13)9-19)16(21)20-15-8-12(17)5-6-14(15)18/h2-8,10H,1H3,(H,20,21). The Bertz CT molecular complexity index is 741. The number of amides is 1. The highest BCUT2D eigenvalue weighted by Gasteiger charge is 2.16. The second kappa shape index (κ2) is 7.17. The van der Waals surface area contributed by atoms with Gasteiger partial charge in [-0.1, -0.05) is 29.3 Å². The van der Waals surface area contributed by atoms with E-state index < -0.39 is 6.10 Å². The van der Waals surface area contributed by atoms with Gasteiger partial charge in [-0.05, 0) is 43.3 Å². The molecule has 4 nitrogen and oxygen atoms in total. The van der Waals surface area contributed by atoms with E-state index in [4.69, 9.17) is 33.2 Å². The summed E-state index contributed by atoms with van der Waals surface area (Å²) in [6, 6.07) is 13.4. The number of carbonyl (C=O) groups is 1. The quantitative estimate of drug-likeness (QED) is 0.907. The fourth-order valence-corrected chi connectivity index (χ4v) is 2.06. The Kier molecular flexibility index (Phi) is 5.26. The number of carbonyl (C=O) groups excluding carboxylic acids is 1. The molecular weight excluding hydrogens is 323 g/mol. The zero-order valence-electron chi connectivity index (χ0n) is 11.6. The molecule has 0 aliphatic heterocycles. The van der Waals surface area contributed by atoms with Gasteiger partial charge >= 0.3 is 0 Å². The molecule has 0 heterocycles. The first kappa shape index (κ1) is 16.2. The van der Waals surface area contributed by atoms with Crippen molar-refractivity contribution in [2.24, 2.45) is 0 Å². The normalized spacial score (nSPS) is 11.4. The molecule has 0 spiro atoms. The maximum Gasteiger partial charge on any atom is 0.265 e. The van der Waals surface area contributed by atoms with Crippen molar-refractivity contribution in [2.75, 3.05) is 5.32 Å². The number of benzene rings is 2. The zero-order chi connectivity index (χ0) is 16.1. The van der Waals surface area contributed by atoms with Gasteiger partial charge in [0.2, 0.25) is 0 Å². The second-order valence-corrected chi connectivity index (χ2v) is 5.36. The Morgan fingerprint density at radius 3 is 2.77 bits per heavy atom. The van der Waals surface area contributed by atoms with Crippen LogP contribution in [0.5, 0.6) is 5.75 Å². The molecule has 6 heteroatoms. The minimum atomic E-state index is -0.760. The number of nitrogens with zero attached hydrogens (tertiary/aromatic N) is 1. The highest BCUT2D eigenvalue weighted by Crippen LogP contribution is 2.25. The van der Waals surface area contributed by atoms with Crippen LogP contribution in [-0.4, -0.2) is 12.0 Å². The highest BCUT2D eigenvalue weighted by molar-refractivity contribution is 6.35. The largest absolute Gasteiger partial charge is 0.481 e. The summed E-state index contributed by atoms with van der Waals surface area (Å²) in [5.74, 6) is 0.0745. The molecule has 0 saturated carbocycles. The Labute approximate surface area is 138 Å². The lowest BCUT2D eigenvalue weighted by atomic mass is 10.2. The van der Waals surface area contributed by atoms with Crippen molar-refractivity contribution < 1.29 is 9.53 Å². The Balaban J connectivity index is 2.06. The minimum absolute atomic E-state index is 0.369. The van der Waals surface area contributed by atoms with Crippen LogP contribution in [0.4, 0.5) is 5.69 Å². The van der Waals surface area contributed by atoms with Crippen LogP contribution in [-0.2, 0) is 4.79 Å². The van der Waals surface area contributed by atoms with E-state index in [2.05, 4.69) is 5.32 Å². The van der Waals surface area contributed by atoms with E-state index in [0.29, 0.717) is 27.0 Å². The SMILES string of the molecule is CC(Oc1cccc(C#N)c1)C(=O)Nc1cc(Cl)ccc1Cl. The molecule has 1 amide bonds. The van der Waals surface area contributed by atoms with Crippen molar-refractivity contribution in [3.63, 3.8) is 0 Å². The van der Waals surface area contributed by atoms with Gasteiger partial charge in [-0.2, -0.15) is 5.26 Å². The summed E-state index contributed by atoms with van der Waals surface area (Å²) in [6.07, 6.45) is -0.760. The summed E-state index contributed by atoms with van der Waals surface area (Å²) in [7, 11) is 0. The van der Waals surface area contributed by atoms with Gasteiger partial charge in [0.1, 0.15) is 5.75 Å². The molecule has 0 radical (unpaired) electrons. The van der Waals surface area contributed by atoms with Crippen molar-refractivity contribution in [2.45, 2.75) is 13.0 Å². The second-order valence-electron chi connectivity index (χ2n) is 4.51. The van der Waals surface area contributed by atoms with Crippen LogP contribution in [0.25, 0.3) is 0 Å². The van der Waals surface area contributed by atoms with Gasteiger partial charge < -0.3 is 10.1 Å². The zero-order valence-corrected chi connectivity index (χ0v) is 13.2. The average molecular weight is 335 g/mol. The van der Waals surface area contributed by atoms with E-state index in [-0.39, 0.29) is 5.91 Å². The van der Waals surface area contributed by atoms with Crippen molar-refractivity contribution in [3.05, 3.63) is 58.1 Å². The number of hydrogen-bond acceptors (Lipinski definition) is 3. The summed E-state index contributed by atoms with van der Waals surface area (Å²) >= 11 is 11.9. The van der Waals surface area contributed by atoms with E-state index >= 15 is 0 Å². The number of anilines is 1. The van der Waals surface area contributed by atoms with Gasteiger partial charge in [-0.25, -0.2) is 0 Å². The Hall–Kier alpha value is -2.22. The van der Waals surface area contributed by atoms with Gasteiger partial charge in [0.25, 0.3) is 5.91 Å². The van der Waals surface area contributed by atoms with Crippen LogP contribution in [0, 0.1) is 11.3 Å². The number of hydrogen-bond donors (Lipinski definition) is 1. The van der Waals surface area contributed by atoms with Crippen LogP contribution in [0.15, 0.2) is 42.5 Å². The molecule has 2 rings (SSSR count). The topological polar surface area (TPSA) is 62.1 Å². The molecule has 2 aromatic carbocycles. The summed E-state index contributed by atoms with van der Waals surface area (Å²) in [5.41, 5.74) is 0.878. The summed E-state index contributed by atoms with van der Waals surface area (Å²) in [6.45, 7) is 1.60. The fraction of sp³-hybridized carbons (Fsp3) is 0.125. The summed E-state index contributed by atoms with van der Waals surface area (Å²) in [4.78, 5) is 12.1. The van der Waals surface area contributed by atoms with Crippen LogP contribution < -0.4 is 10.1 Å². The molecule has 2 aromatic rings. The molecule has 0 aromatic heterocycles. The van der Waals surface area contributed by atoms with Crippen LogP contribution in [0.1, 0.15) is 12.5 Å². The molecule has 1 unspecified atom stereocenters. The number of nitrogens with one attached hydrogen (secondary N) is 1.